The van der Waals surface area contributed by atoms with E-state index in [0.29, 0.717) is 6.42 Å². The quantitative estimate of drug-likeness (QED) is 0.225. The molecule has 0 aliphatic carbocycles. The number of benzene rings is 1. The Bertz CT molecular complexity index is 762. The zero-order valence-corrected chi connectivity index (χ0v) is 20.2. The van der Waals surface area contributed by atoms with Gasteiger partial charge in [0.15, 0.2) is 0 Å². The van der Waals surface area contributed by atoms with Crippen LogP contribution in [0.3, 0.4) is 0 Å². The molecule has 0 aliphatic rings. The molecule has 178 valence electrons. The Hall–Kier alpha value is -1.94. The van der Waals surface area contributed by atoms with Crippen LogP contribution in [0.5, 0.6) is 0 Å². The van der Waals surface area contributed by atoms with Crippen molar-refractivity contribution < 1.29 is 9.90 Å². The molecule has 0 saturated heterocycles. The van der Waals surface area contributed by atoms with E-state index in [0.717, 1.165) is 29.6 Å². The van der Waals surface area contributed by atoms with Crippen LogP contribution >= 0.6 is 0 Å². The number of fused-ring (bicyclic) bond motifs is 1. The Balaban J connectivity index is 1.49. The lowest BCUT2D eigenvalue weighted by atomic mass is 10.0. The molecule has 0 amide bonds. The van der Waals surface area contributed by atoms with E-state index in [-0.39, 0.29) is 0 Å². The molecule has 4 heteroatoms. The second-order valence-corrected chi connectivity index (χ2v) is 9.14. The third-order valence-corrected chi connectivity index (χ3v) is 6.29. The van der Waals surface area contributed by atoms with Gasteiger partial charge in [-0.25, -0.2) is 0 Å². The Morgan fingerprint density at radius 2 is 1.38 bits per heavy atom. The molecule has 0 radical (unpaired) electrons. The van der Waals surface area contributed by atoms with Crippen molar-refractivity contribution >= 4 is 16.9 Å². The summed E-state index contributed by atoms with van der Waals surface area (Å²) in [5.41, 5.74) is 1.74. The maximum Gasteiger partial charge on any atom is 0.321 e. The van der Waals surface area contributed by atoms with Gasteiger partial charge in [0.05, 0.1) is 5.52 Å². The predicted octanol–water partition coefficient (Wildman–Crippen LogP) is 7.30. The highest BCUT2D eigenvalue weighted by atomic mass is 16.4. The minimum Gasteiger partial charge on any atom is -0.480 e. The highest BCUT2D eigenvalue weighted by molar-refractivity contribution is 5.78. The van der Waals surface area contributed by atoms with Crippen molar-refractivity contribution in [3.8, 4) is 0 Å². The van der Waals surface area contributed by atoms with Crippen molar-refractivity contribution in [1.29, 1.82) is 0 Å². The van der Waals surface area contributed by atoms with Crippen LogP contribution in [0.4, 0.5) is 0 Å². The van der Waals surface area contributed by atoms with E-state index in [4.69, 9.17) is 0 Å². The fraction of sp³-hybridized carbons (Fsp3) is 0.643. The van der Waals surface area contributed by atoms with Crippen LogP contribution in [0.1, 0.15) is 103 Å². The molecule has 0 unspecified atom stereocenters. The summed E-state index contributed by atoms with van der Waals surface area (Å²) in [5, 5.41) is 13.9. The number of hydrogen-bond donors (Lipinski definition) is 2. The van der Waals surface area contributed by atoms with Gasteiger partial charge in [-0.1, -0.05) is 115 Å². The lowest BCUT2D eigenvalue weighted by Gasteiger charge is -2.14. The number of nitrogens with zero attached hydrogens (tertiary/aromatic N) is 1. The van der Waals surface area contributed by atoms with E-state index in [1.165, 1.54) is 83.5 Å². The maximum absolute atomic E-state index is 11.7. The zero-order chi connectivity index (χ0) is 22.9. The molecule has 1 aromatic heterocycles. The number of carboxylic acids is 1. The molecule has 0 saturated carbocycles. The van der Waals surface area contributed by atoms with Crippen molar-refractivity contribution in [3.63, 3.8) is 0 Å². The van der Waals surface area contributed by atoms with E-state index >= 15 is 0 Å². The van der Waals surface area contributed by atoms with E-state index in [1.807, 2.05) is 36.4 Å². The average Bonchev–Trinajstić information content (AvgIpc) is 2.80. The average molecular weight is 441 g/mol. The number of carbonyl (C=O) groups is 1. The first kappa shape index (κ1) is 26.3. The van der Waals surface area contributed by atoms with Gasteiger partial charge in [0, 0.05) is 17.5 Å². The second-order valence-electron chi connectivity index (χ2n) is 9.14. The summed E-state index contributed by atoms with van der Waals surface area (Å²) in [5.74, 6) is -0.801. The molecule has 2 N–H and O–H groups in total. The van der Waals surface area contributed by atoms with Gasteiger partial charge in [0.2, 0.25) is 0 Å². The summed E-state index contributed by atoms with van der Waals surface area (Å²) >= 11 is 0. The minimum atomic E-state index is -0.801. The van der Waals surface area contributed by atoms with Crippen LogP contribution in [0, 0.1) is 0 Å². The highest BCUT2D eigenvalue weighted by Crippen LogP contribution is 2.14. The van der Waals surface area contributed by atoms with Gasteiger partial charge >= 0.3 is 5.97 Å². The number of unbranched alkanes of at least 4 members (excludes halogenated alkanes) is 13. The Morgan fingerprint density at radius 1 is 0.812 bits per heavy atom. The fourth-order valence-electron chi connectivity index (χ4n) is 4.27. The molecule has 1 aromatic carbocycles. The number of carboxylic acid groups (broad SMARTS) is 1. The largest absolute Gasteiger partial charge is 0.480 e. The second kappa shape index (κ2) is 16.7. The van der Waals surface area contributed by atoms with Crippen LogP contribution in [0.15, 0.2) is 36.4 Å². The maximum atomic E-state index is 11.7. The summed E-state index contributed by atoms with van der Waals surface area (Å²) in [6, 6.07) is 11.3. The molecular weight excluding hydrogens is 396 g/mol. The normalized spacial score (nSPS) is 12.3. The van der Waals surface area contributed by atoms with Crippen LogP contribution in [-0.4, -0.2) is 28.6 Å². The van der Waals surface area contributed by atoms with Crippen molar-refractivity contribution in [1.82, 2.24) is 10.3 Å². The molecule has 4 nitrogen and oxygen atoms in total. The first-order valence-electron chi connectivity index (χ1n) is 13.0. The van der Waals surface area contributed by atoms with Crippen molar-refractivity contribution in [2.75, 3.05) is 6.54 Å². The molecule has 1 heterocycles. The van der Waals surface area contributed by atoms with Gasteiger partial charge in [-0.3, -0.25) is 9.78 Å². The van der Waals surface area contributed by atoms with Gasteiger partial charge in [0.1, 0.15) is 6.04 Å². The fourth-order valence-corrected chi connectivity index (χ4v) is 4.27. The van der Waals surface area contributed by atoms with Crippen LogP contribution in [-0.2, 0) is 11.2 Å². The summed E-state index contributed by atoms with van der Waals surface area (Å²) < 4.78 is 0. The number of aliphatic carboxylic acids is 1. The molecule has 0 fully saturated rings. The minimum absolute atomic E-state index is 0.415. The third kappa shape index (κ3) is 11.1. The van der Waals surface area contributed by atoms with E-state index < -0.39 is 12.0 Å². The van der Waals surface area contributed by atoms with E-state index in [2.05, 4.69) is 17.2 Å². The van der Waals surface area contributed by atoms with Crippen molar-refractivity contribution in [3.05, 3.63) is 42.1 Å². The summed E-state index contributed by atoms with van der Waals surface area (Å²) in [6.07, 6.45) is 19.1. The number of rotatable bonds is 19. The van der Waals surface area contributed by atoms with Crippen molar-refractivity contribution in [2.45, 2.75) is 109 Å². The van der Waals surface area contributed by atoms with Crippen LogP contribution in [0.25, 0.3) is 10.9 Å². The molecule has 1 atom stereocenters. The molecule has 0 aliphatic heterocycles. The molecule has 0 spiro atoms. The third-order valence-electron chi connectivity index (χ3n) is 6.29. The van der Waals surface area contributed by atoms with E-state index in [1.54, 1.807) is 0 Å². The van der Waals surface area contributed by atoms with Gasteiger partial charge in [-0.05, 0) is 25.1 Å². The summed E-state index contributed by atoms with van der Waals surface area (Å²) in [4.78, 5) is 16.3. The molecule has 0 bridgehead atoms. The smallest absolute Gasteiger partial charge is 0.321 e. The number of aromatic nitrogens is 1. The Morgan fingerprint density at radius 3 is 1.97 bits per heavy atom. The van der Waals surface area contributed by atoms with Gasteiger partial charge < -0.3 is 10.4 Å². The van der Waals surface area contributed by atoms with Gasteiger partial charge in [-0.2, -0.15) is 0 Å². The number of hydrogen-bond acceptors (Lipinski definition) is 3. The Kier molecular flexibility index (Phi) is 13.7. The molecule has 2 aromatic rings. The van der Waals surface area contributed by atoms with Crippen LogP contribution in [0.2, 0.25) is 0 Å². The first-order valence-corrected chi connectivity index (χ1v) is 13.0. The molecule has 32 heavy (non-hydrogen) atoms. The number of pyridine rings is 1. The topological polar surface area (TPSA) is 62.2 Å². The van der Waals surface area contributed by atoms with Crippen LogP contribution < -0.4 is 5.32 Å². The van der Waals surface area contributed by atoms with Gasteiger partial charge in [-0.15, -0.1) is 0 Å². The lowest BCUT2D eigenvalue weighted by molar-refractivity contribution is -0.139. The summed E-state index contributed by atoms with van der Waals surface area (Å²) in [7, 11) is 0. The number of para-hydroxylation sites is 1. The predicted molar refractivity (Wildman–Crippen MR) is 135 cm³/mol. The Labute approximate surface area is 195 Å². The molecule has 2 rings (SSSR count). The standard InChI is InChI=1S/C28H44N2O2/c1-2-3-4-5-6-7-8-9-10-11-12-13-14-17-22-29-27(28(31)32)23-25-21-20-24-18-15-16-19-26(24)30-25/h15-16,18-21,27,29H,2-14,17,22-23H2,1H3,(H,31,32)/t27-/m0/s1. The van der Waals surface area contributed by atoms with Crippen molar-refractivity contribution in [2.24, 2.45) is 0 Å². The molecular formula is C28H44N2O2. The lowest BCUT2D eigenvalue weighted by Crippen LogP contribution is -2.39. The SMILES string of the molecule is CCCCCCCCCCCCCCCCN[C@@H](Cc1ccc2ccccc2n1)C(=O)O. The van der Waals surface area contributed by atoms with Gasteiger partial charge in [0.25, 0.3) is 0 Å². The van der Waals surface area contributed by atoms with E-state index in [9.17, 15) is 9.90 Å². The monoisotopic (exact) mass is 440 g/mol. The number of nitrogens with one attached hydrogen (secondary N) is 1. The zero-order valence-electron chi connectivity index (χ0n) is 20.2. The highest BCUT2D eigenvalue weighted by Gasteiger charge is 2.17. The summed E-state index contributed by atoms with van der Waals surface area (Å²) in [6.45, 7) is 3.02. The first-order chi connectivity index (χ1) is 15.7.